The van der Waals surface area contributed by atoms with Gasteiger partial charge >= 0.3 is 0 Å². The fourth-order valence-corrected chi connectivity index (χ4v) is 9.03. The molecule has 4 aliphatic carbocycles. The largest absolute Gasteiger partial charge is 0.393 e. The number of allylic oxidation sites excluding steroid dienone is 4. The molecule has 5 heteroatoms. The van der Waals surface area contributed by atoms with Crippen LogP contribution in [0.2, 0.25) is 0 Å². The van der Waals surface area contributed by atoms with E-state index >= 15 is 0 Å². The van der Waals surface area contributed by atoms with Gasteiger partial charge in [0, 0.05) is 11.8 Å². The van der Waals surface area contributed by atoms with Crippen molar-refractivity contribution in [1.29, 1.82) is 0 Å². The van der Waals surface area contributed by atoms with Gasteiger partial charge in [-0.05, 0) is 92.1 Å². The van der Waals surface area contributed by atoms with Crippen molar-refractivity contribution in [2.24, 2.45) is 23.2 Å². The first kappa shape index (κ1) is 28.0. The lowest BCUT2D eigenvalue weighted by atomic mass is 9.61. The van der Waals surface area contributed by atoms with Crippen molar-refractivity contribution in [2.45, 2.75) is 115 Å². The molecule has 0 bridgehead atoms. The van der Waals surface area contributed by atoms with Crippen molar-refractivity contribution in [2.75, 3.05) is 0 Å². The van der Waals surface area contributed by atoms with E-state index in [4.69, 9.17) is 4.98 Å². The van der Waals surface area contributed by atoms with Gasteiger partial charge in [0.1, 0.15) is 5.01 Å². The summed E-state index contributed by atoms with van der Waals surface area (Å²) in [6, 6.07) is 0. The Balaban J connectivity index is 1.27. The second kappa shape index (κ2) is 11.2. The van der Waals surface area contributed by atoms with Gasteiger partial charge in [0.15, 0.2) is 0 Å². The number of nitrogens with zero attached hydrogens (tertiary/aromatic N) is 1. The van der Waals surface area contributed by atoms with E-state index < -0.39 is 18.3 Å². The summed E-state index contributed by atoms with van der Waals surface area (Å²) in [6.07, 6.45) is 18.4. The zero-order valence-electron chi connectivity index (χ0n) is 23.5. The molecule has 0 aliphatic heterocycles. The molecule has 7 atom stereocenters. The number of hydrogen-bond donors (Lipinski definition) is 3. The van der Waals surface area contributed by atoms with Crippen molar-refractivity contribution in [3.63, 3.8) is 0 Å². The average molecular weight is 538 g/mol. The minimum Gasteiger partial charge on any atom is -0.393 e. The lowest BCUT2D eigenvalue weighted by Gasteiger charge is -2.44. The molecular formula is C33H47NO3S. The summed E-state index contributed by atoms with van der Waals surface area (Å²) in [5.41, 5.74) is 4.56. The first-order chi connectivity index (χ1) is 18.2. The highest BCUT2D eigenvalue weighted by molar-refractivity contribution is 7.09. The molecule has 5 rings (SSSR count). The summed E-state index contributed by atoms with van der Waals surface area (Å²) in [5.74, 6) is 1.60. The highest BCUT2D eigenvalue weighted by Gasteiger charge is 2.53. The molecule has 0 amide bonds. The van der Waals surface area contributed by atoms with Gasteiger partial charge in [0.05, 0.1) is 29.4 Å². The summed E-state index contributed by atoms with van der Waals surface area (Å²) >= 11 is 1.73. The number of rotatable bonds is 8. The third kappa shape index (κ3) is 5.29. The van der Waals surface area contributed by atoms with Crippen LogP contribution < -0.4 is 0 Å². The van der Waals surface area contributed by atoms with Gasteiger partial charge in [0.2, 0.25) is 0 Å². The number of thiazole rings is 1. The highest BCUT2D eigenvalue weighted by atomic mass is 32.1. The molecule has 0 radical (unpaired) electrons. The molecule has 3 N–H and O–H groups in total. The van der Waals surface area contributed by atoms with Gasteiger partial charge in [0.25, 0.3) is 0 Å². The molecule has 38 heavy (non-hydrogen) atoms. The van der Waals surface area contributed by atoms with E-state index in [1.165, 1.54) is 37.0 Å². The molecule has 0 aromatic carbocycles. The van der Waals surface area contributed by atoms with E-state index in [-0.39, 0.29) is 10.8 Å². The summed E-state index contributed by atoms with van der Waals surface area (Å²) < 4.78 is 0. The molecule has 4 fully saturated rings. The van der Waals surface area contributed by atoms with Crippen LogP contribution in [0.5, 0.6) is 0 Å². The standard InChI is InChI=1S/C33H47NO3S/c1-5-7-25-20-38-31(34-25)33(16-17-33)30(37)14-9-21(2)27-12-13-28-23(8-6-15-32(27,28)4)10-11-24-18-26(35)19-29(36)22(24)3/h9-11,14,20-21,26-30,35-37H,3,5-8,12-13,15-19H2,1-2,4H3/b14-9+,23-10+,24-11-/t21-,26+,27+,28-,29-,30-,32+/m0/s1. The maximum Gasteiger partial charge on any atom is 0.102 e. The zero-order chi connectivity index (χ0) is 27.1. The Hall–Kier alpha value is -1.53. The highest BCUT2D eigenvalue weighted by Crippen LogP contribution is 2.60. The van der Waals surface area contributed by atoms with Crippen LogP contribution in [0.25, 0.3) is 0 Å². The first-order valence-electron chi connectivity index (χ1n) is 14.9. The van der Waals surface area contributed by atoms with Crippen LogP contribution in [0.3, 0.4) is 0 Å². The molecule has 4 aliphatic rings. The molecule has 1 aromatic heterocycles. The minimum absolute atomic E-state index is 0.159. The van der Waals surface area contributed by atoms with Crippen LogP contribution in [0, 0.1) is 23.2 Å². The van der Waals surface area contributed by atoms with Crippen molar-refractivity contribution in [3.8, 4) is 0 Å². The molecular weight excluding hydrogens is 490 g/mol. The quantitative estimate of drug-likeness (QED) is 0.318. The van der Waals surface area contributed by atoms with E-state index in [1.807, 2.05) is 0 Å². The average Bonchev–Trinajstić information content (AvgIpc) is 3.42. The fourth-order valence-electron chi connectivity index (χ4n) is 7.88. The van der Waals surface area contributed by atoms with Gasteiger partial charge in [-0.3, -0.25) is 0 Å². The van der Waals surface area contributed by atoms with Gasteiger partial charge in [-0.1, -0.05) is 63.6 Å². The third-order valence-corrected chi connectivity index (χ3v) is 11.5. The normalized spacial score (nSPS) is 36.6. The van der Waals surface area contributed by atoms with E-state index in [0.717, 1.165) is 48.3 Å². The van der Waals surface area contributed by atoms with Crippen molar-refractivity contribution in [1.82, 2.24) is 4.98 Å². The molecule has 0 saturated heterocycles. The van der Waals surface area contributed by atoms with E-state index in [0.29, 0.717) is 30.6 Å². The molecule has 0 spiro atoms. The summed E-state index contributed by atoms with van der Waals surface area (Å²) in [4.78, 5) is 4.88. The van der Waals surface area contributed by atoms with Crippen LogP contribution in [0.4, 0.5) is 0 Å². The van der Waals surface area contributed by atoms with E-state index in [1.54, 1.807) is 11.3 Å². The first-order valence-corrected chi connectivity index (χ1v) is 15.8. The topological polar surface area (TPSA) is 73.6 Å². The van der Waals surface area contributed by atoms with Gasteiger partial charge in [-0.2, -0.15) is 0 Å². The number of hydrogen-bond acceptors (Lipinski definition) is 5. The van der Waals surface area contributed by atoms with Crippen molar-refractivity contribution in [3.05, 3.63) is 63.7 Å². The predicted molar refractivity (Wildman–Crippen MR) is 156 cm³/mol. The van der Waals surface area contributed by atoms with Crippen molar-refractivity contribution >= 4 is 11.3 Å². The van der Waals surface area contributed by atoms with Crippen LogP contribution in [-0.4, -0.2) is 38.6 Å². The third-order valence-electron chi connectivity index (χ3n) is 10.4. The maximum absolute atomic E-state index is 11.2. The Morgan fingerprint density at radius 1 is 1.18 bits per heavy atom. The molecule has 1 aromatic rings. The van der Waals surface area contributed by atoms with Gasteiger partial charge in [-0.15, -0.1) is 11.3 Å². The second-order valence-electron chi connectivity index (χ2n) is 12.9. The Morgan fingerprint density at radius 2 is 1.97 bits per heavy atom. The summed E-state index contributed by atoms with van der Waals surface area (Å²) in [6.45, 7) is 11.1. The SMILES string of the molecule is C=C1/C(=C\C=C2/CCC[C@]3(C)[C@@H]([C@@H](C)/C=C/[C@H](O)C4(c5nc(CCC)cs5)CC4)CC[C@@H]23)C[C@@H](O)C[C@@H]1O. The number of aryl methyl sites for hydroxylation is 1. The molecule has 4 nitrogen and oxygen atoms in total. The Labute approximate surface area is 233 Å². The summed E-state index contributed by atoms with van der Waals surface area (Å²) in [5, 5.41) is 34.9. The monoisotopic (exact) mass is 537 g/mol. The number of aliphatic hydroxyl groups excluding tert-OH is 3. The molecule has 208 valence electrons. The van der Waals surface area contributed by atoms with E-state index in [2.05, 4.69) is 57.0 Å². The summed E-state index contributed by atoms with van der Waals surface area (Å²) in [7, 11) is 0. The molecule has 4 saturated carbocycles. The molecule has 1 heterocycles. The number of fused-ring (bicyclic) bond motifs is 1. The molecule has 0 unspecified atom stereocenters. The lowest BCUT2D eigenvalue weighted by molar-refractivity contribution is 0.0862. The van der Waals surface area contributed by atoms with Crippen molar-refractivity contribution < 1.29 is 15.3 Å². The number of aliphatic hydroxyl groups is 3. The lowest BCUT2D eigenvalue weighted by Crippen LogP contribution is -2.35. The Kier molecular flexibility index (Phi) is 8.22. The van der Waals surface area contributed by atoms with Crippen LogP contribution in [0.15, 0.2) is 53.0 Å². The van der Waals surface area contributed by atoms with E-state index in [9.17, 15) is 15.3 Å². The van der Waals surface area contributed by atoms with Crippen LogP contribution in [-0.2, 0) is 11.8 Å². The van der Waals surface area contributed by atoms with Crippen LogP contribution >= 0.6 is 11.3 Å². The minimum atomic E-state index is -0.636. The van der Waals surface area contributed by atoms with Gasteiger partial charge < -0.3 is 15.3 Å². The Morgan fingerprint density at radius 3 is 2.71 bits per heavy atom. The fraction of sp³-hybridized carbons (Fsp3) is 0.667. The predicted octanol–water partition coefficient (Wildman–Crippen LogP) is 6.82. The van der Waals surface area contributed by atoms with Crippen LogP contribution in [0.1, 0.15) is 95.7 Å². The zero-order valence-corrected chi connectivity index (χ0v) is 24.3. The maximum atomic E-state index is 11.2. The van der Waals surface area contributed by atoms with Gasteiger partial charge in [-0.25, -0.2) is 4.98 Å². The number of aromatic nitrogens is 1. The second-order valence-corrected chi connectivity index (χ2v) is 13.8. The smallest absolute Gasteiger partial charge is 0.102 e. The Bertz CT molecular complexity index is 1110.